The van der Waals surface area contributed by atoms with E-state index >= 15 is 0 Å². The topological polar surface area (TPSA) is 68.8 Å². The Bertz CT molecular complexity index is 916. The number of nitrogens with zero attached hydrogens (tertiary/aromatic N) is 2. The van der Waals surface area contributed by atoms with Crippen molar-refractivity contribution in [1.82, 2.24) is 15.5 Å². The second-order valence-corrected chi connectivity index (χ2v) is 8.06. The molecule has 1 atom stereocenters. The van der Waals surface area contributed by atoms with Crippen LogP contribution in [-0.4, -0.2) is 50.0 Å². The van der Waals surface area contributed by atoms with Crippen molar-refractivity contribution in [3.63, 3.8) is 0 Å². The van der Waals surface area contributed by atoms with E-state index in [-0.39, 0.29) is 35.8 Å². The number of carbonyl (C=O) groups excluding carboxylic acids is 1. The zero-order chi connectivity index (χ0) is 20.8. The Hall–Kier alpha value is -2.13. The number of rotatable bonds is 6. The highest BCUT2D eigenvalue weighted by molar-refractivity contribution is 14.0. The van der Waals surface area contributed by atoms with E-state index in [1.54, 1.807) is 7.05 Å². The van der Waals surface area contributed by atoms with Gasteiger partial charge >= 0.3 is 0 Å². The van der Waals surface area contributed by atoms with E-state index in [1.165, 1.54) is 16.7 Å². The molecule has 31 heavy (non-hydrogen) atoms. The molecule has 3 N–H and O–H groups in total. The van der Waals surface area contributed by atoms with Crippen molar-refractivity contribution >= 4 is 41.5 Å². The number of hydrogen-bond acceptors (Lipinski definition) is 3. The molecule has 1 amide bonds. The van der Waals surface area contributed by atoms with Crippen LogP contribution >= 0.6 is 24.0 Å². The van der Waals surface area contributed by atoms with Crippen LogP contribution in [0.4, 0.5) is 5.69 Å². The number of nitrogens with one attached hydrogen (secondary N) is 3. The van der Waals surface area contributed by atoms with E-state index in [0.29, 0.717) is 13.0 Å². The number of halogens is 1. The summed E-state index contributed by atoms with van der Waals surface area (Å²) in [6, 6.07) is 16.8. The van der Waals surface area contributed by atoms with Crippen molar-refractivity contribution in [1.29, 1.82) is 0 Å². The van der Waals surface area contributed by atoms with E-state index in [4.69, 9.17) is 0 Å². The minimum atomic E-state index is 0. The summed E-state index contributed by atoms with van der Waals surface area (Å²) in [6.45, 7) is 4.82. The Morgan fingerprint density at radius 3 is 2.74 bits per heavy atom. The van der Waals surface area contributed by atoms with Crippen molar-refractivity contribution in [2.75, 3.05) is 38.5 Å². The molecule has 166 valence electrons. The number of para-hydroxylation sites is 1. The lowest BCUT2D eigenvalue weighted by molar-refractivity contribution is -0.116. The summed E-state index contributed by atoms with van der Waals surface area (Å²) >= 11 is 0. The van der Waals surface area contributed by atoms with Crippen LogP contribution in [0.25, 0.3) is 0 Å². The van der Waals surface area contributed by atoms with E-state index in [2.05, 4.69) is 56.2 Å². The fraction of sp³-hybridized carbons (Fsp3) is 0.417. The molecular formula is C24H32IN5O. The number of benzene rings is 2. The van der Waals surface area contributed by atoms with Gasteiger partial charge in [0.2, 0.25) is 5.91 Å². The lowest BCUT2D eigenvalue weighted by atomic mass is 9.90. The number of amides is 1. The molecule has 0 aromatic heterocycles. The van der Waals surface area contributed by atoms with Gasteiger partial charge in [-0.05, 0) is 35.6 Å². The number of anilines is 1. The number of carbonyl (C=O) groups is 1. The van der Waals surface area contributed by atoms with Gasteiger partial charge in [0.05, 0.1) is 0 Å². The predicted octanol–water partition coefficient (Wildman–Crippen LogP) is 3.34. The van der Waals surface area contributed by atoms with E-state index in [9.17, 15) is 4.79 Å². The molecule has 6 nitrogen and oxygen atoms in total. The van der Waals surface area contributed by atoms with E-state index in [1.807, 2.05) is 18.2 Å². The summed E-state index contributed by atoms with van der Waals surface area (Å²) in [4.78, 5) is 18.9. The third kappa shape index (κ3) is 6.20. The molecule has 7 heteroatoms. The zero-order valence-corrected chi connectivity index (χ0v) is 20.4. The number of hydrogen-bond donors (Lipinski definition) is 3. The summed E-state index contributed by atoms with van der Waals surface area (Å²) in [7, 11) is 1.79. The van der Waals surface area contributed by atoms with E-state index < -0.39 is 0 Å². The molecule has 2 aromatic rings. The fourth-order valence-electron chi connectivity index (χ4n) is 4.38. The highest BCUT2D eigenvalue weighted by Gasteiger charge is 2.24. The Morgan fingerprint density at radius 2 is 1.90 bits per heavy atom. The molecule has 0 bridgehead atoms. The molecular weight excluding hydrogens is 501 g/mol. The molecule has 0 aliphatic carbocycles. The van der Waals surface area contributed by atoms with Gasteiger partial charge in [0, 0.05) is 57.8 Å². The Morgan fingerprint density at radius 1 is 1.13 bits per heavy atom. The lowest BCUT2D eigenvalue weighted by Crippen LogP contribution is -2.41. The minimum absolute atomic E-state index is 0. The molecule has 0 spiro atoms. The van der Waals surface area contributed by atoms with Crippen molar-refractivity contribution in [3.8, 4) is 0 Å². The molecule has 1 unspecified atom stereocenters. The lowest BCUT2D eigenvalue weighted by Gasteiger charge is -2.29. The normalized spacial score (nSPS) is 18.3. The Labute approximate surface area is 201 Å². The maximum atomic E-state index is 12.0. The average molecular weight is 533 g/mol. The van der Waals surface area contributed by atoms with Crippen LogP contribution < -0.4 is 16.0 Å². The SMILES string of the molecule is CN=C(NCCCN1CCc2ccccc2C1)NCC1CC(=O)Nc2ccccc21.I. The first-order valence-electron chi connectivity index (χ1n) is 10.9. The first-order valence-corrected chi connectivity index (χ1v) is 10.9. The molecule has 2 heterocycles. The van der Waals surface area contributed by atoms with Crippen molar-refractivity contribution in [2.45, 2.75) is 31.7 Å². The van der Waals surface area contributed by atoms with Gasteiger partial charge in [0.15, 0.2) is 5.96 Å². The molecule has 2 aromatic carbocycles. The largest absolute Gasteiger partial charge is 0.356 e. The number of fused-ring (bicyclic) bond motifs is 2. The maximum absolute atomic E-state index is 12.0. The highest BCUT2D eigenvalue weighted by atomic mass is 127. The van der Waals surface area contributed by atoms with Crippen LogP contribution in [0.15, 0.2) is 53.5 Å². The maximum Gasteiger partial charge on any atom is 0.225 e. The summed E-state index contributed by atoms with van der Waals surface area (Å²) in [6.07, 6.45) is 2.71. The van der Waals surface area contributed by atoms with Crippen LogP contribution in [0.1, 0.15) is 35.4 Å². The van der Waals surface area contributed by atoms with Gasteiger partial charge in [0.25, 0.3) is 0 Å². The number of aliphatic imine (C=N–C) groups is 1. The molecule has 0 saturated carbocycles. The first-order chi connectivity index (χ1) is 14.7. The average Bonchev–Trinajstić information content (AvgIpc) is 2.78. The molecule has 0 radical (unpaired) electrons. The van der Waals surface area contributed by atoms with Crippen LogP contribution in [0.3, 0.4) is 0 Å². The van der Waals surface area contributed by atoms with Gasteiger partial charge in [-0.1, -0.05) is 42.5 Å². The van der Waals surface area contributed by atoms with E-state index in [0.717, 1.165) is 50.7 Å². The van der Waals surface area contributed by atoms with Gasteiger partial charge in [-0.15, -0.1) is 24.0 Å². The van der Waals surface area contributed by atoms with Gasteiger partial charge in [0.1, 0.15) is 0 Å². The second-order valence-electron chi connectivity index (χ2n) is 8.06. The predicted molar refractivity (Wildman–Crippen MR) is 137 cm³/mol. The minimum Gasteiger partial charge on any atom is -0.356 e. The summed E-state index contributed by atoms with van der Waals surface area (Å²) in [5.74, 6) is 1.02. The van der Waals surface area contributed by atoms with Crippen molar-refractivity contribution < 1.29 is 4.79 Å². The van der Waals surface area contributed by atoms with Gasteiger partial charge in [-0.3, -0.25) is 14.7 Å². The molecule has 0 saturated heterocycles. The summed E-state index contributed by atoms with van der Waals surface area (Å²) in [5, 5.41) is 9.77. The fourth-order valence-corrected chi connectivity index (χ4v) is 4.38. The smallest absolute Gasteiger partial charge is 0.225 e. The quantitative estimate of drug-likeness (QED) is 0.231. The van der Waals surface area contributed by atoms with Gasteiger partial charge in [-0.25, -0.2) is 0 Å². The van der Waals surface area contributed by atoms with Crippen LogP contribution in [-0.2, 0) is 17.8 Å². The third-order valence-corrected chi connectivity index (χ3v) is 6.00. The molecule has 0 fully saturated rings. The van der Waals surface area contributed by atoms with Crippen molar-refractivity contribution in [3.05, 3.63) is 65.2 Å². The summed E-state index contributed by atoms with van der Waals surface area (Å²) < 4.78 is 0. The highest BCUT2D eigenvalue weighted by Crippen LogP contribution is 2.31. The van der Waals surface area contributed by atoms with Gasteiger partial charge < -0.3 is 16.0 Å². The Balaban J connectivity index is 0.00000272. The second kappa shape index (κ2) is 11.5. The molecule has 2 aliphatic rings. The van der Waals surface area contributed by atoms with Gasteiger partial charge in [-0.2, -0.15) is 0 Å². The van der Waals surface area contributed by atoms with Crippen LogP contribution in [0.5, 0.6) is 0 Å². The standard InChI is InChI=1S/C24H31N5O.HI/c1-25-24(27-16-20-15-23(30)28-22-10-5-4-9-21(20)22)26-12-6-13-29-14-11-18-7-2-3-8-19(18)17-29;/h2-5,7-10,20H,6,11-17H2,1H3,(H,28,30)(H2,25,26,27);1H. The first kappa shape index (κ1) is 23.5. The van der Waals surface area contributed by atoms with Crippen LogP contribution in [0.2, 0.25) is 0 Å². The van der Waals surface area contributed by atoms with Crippen LogP contribution in [0, 0.1) is 0 Å². The number of guanidine groups is 1. The summed E-state index contributed by atoms with van der Waals surface area (Å²) in [5.41, 5.74) is 5.07. The molecule has 4 rings (SSSR count). The third-order valence-electron chi connectivity index (χ3n) is 6.00. The Kier molecular flexibility index (Phi) is 8.71. The van der Waals surface area contributed by atoms with Crippen molar-refractivity contribution in [2.24, 2.45) is 4.99 Å². The molecule has 2 aliphatic heterocycles. The zero-order valence-electron chi connectivity index (χ0n) is 18.1. The monoisotopic (exact) mass is 533 g/mol.